The molecule has 0 fully saturated rings. The summed E-state index contributed by atoms with van der Waals surface area (Å²) in [5, 5.41) is 6.10. The number of oxime groups is 1. The number of imide groups is 1. The lowest BCUT2D eigenvalue weighted by Gasteiger charge is -2.20. The predicted molar refractivity (Wildman–Crippen MR) is 66.3 cm³/mol. The second-order valence-corrected chi connectivity index (χ2v) is 4.97. The standard InChI is InChI=1S/C13H14N2O3/c1-13(2,3)18-15-10-8-6-4-5-7-9(8)11(16)14-12(10)17/h4-7H,1-3H3,(H,14,16,17). The smallest absolute Gasteiger partial charge is 0.280 e. The minimum atomic E-state index is -0.539. The van der Waals surface area contributed by atoms with Gasteiger partial charge in [-0.05, 0) is 26.8 Å². The number of nitrogens with one attached hydrogen (secondary N) is 1. The van der Waals surface area contributed by atoms with Gasteiger partial charge in [-0.2, -0.15) is 0 Å². The monoisotopic (exact) mass is 246 g/mol. The number of carbonyl (C=O) groups is 2. The van der Waals surface area contributed by atoms with E-state index >= 15 is 0 Å². The molecule has 1 N–H and O–H groups in total. The molecule has 0 saturated carbocycles. The molecule has 1 aromatic rings. The first-order chi connectivity index (χ1) is 8.38. The Labute approximate surface area is 105 Å². The van der Waals surface area contributed by atoms with Gasteiger partial charge in [-0.1, -0.05) is 23.4 Å². The topological polar surface area (TPSA) is 67.8 Å². The Morgan fingerprint density at radius 2 is 1.67 bits per heavy atom. The van der Waals surface area contributed by atoms with E-state index in [0.717, 1.165) is 0 Å². The summed E-state index contributed by atoms with van der Waals surface area (Å²) in [7, 11) is 0. The minimum absolute atomic E-state index is 0.125. The van der Waals surface area contributed by atoms with E-state index in [4.69, 9.17) is 4.84 Å². The maximum atomic E-state index is 11.7. The molecule has 0 unspecified atom stereocenters. The Morgan fingerprint density at radius 1 is 1.06 bits per heavy atom. The van der Waals surface area contributed by atoms with Crippen LogP contribution in [0.1, 0.15) is 36.7 Å². The fourth-order valence-corrected chi connectivity index (χ4v) is 1.51. The molecule has 2 amide bonds. The number of benzene rings is 1. The van der Waals surface area contributed by atoms with Crippen LogP contribution in [0, 0.1) is 0 Å². The van der Waals surface area contributed by atoms with Crippen molar-refractivity contribution in [3.05, 3.63) is 35.4 Å². The van der Waals surface area contributed by atoms with Gasteiger partial charge in [0, 0.05) is 11.1 Å². The molecule has 1 aliphatic rings. The van der Waals surface area contributed by atoms with Gasteiger partial charge in [-0.25, -0.2) is 0 Å². The van der Waals surface area contributed by atoms with Gasteiger partial charge in [0.25, 0.3) is 11.8 Å². The zero-order valence-corrected chi connectivity index (χ0v) is 10.5. The molecule has 0 bridgehead atoms. The highest BCUT2D eigenvalue weighted by Crippen LogP contribution is 2.16. The van der Waals surface area contributed by atoms with Gasteiger partial charge < -0.3 is 4.84 Å². The molecule has 0 saturated heterocycles. The zero-order chi connectivity index (χ0) is 13.3. The SMILES string of the molecule is CC(C)(C)ON=C1C(=O)NC(=O)c2ccccc21. The minimum Gasteiger partial charge on any atom is -0.389 e. The first-order valence-electron chi connectivity index (χ1n) is 5.60. The van der Waals surface area contributed by atoms with Crippen molar-refractivity contribution in [1.82, 2.24) is 5.32 Å². The molecule has 0 radical (unpaired) electrons. The van der Waals surface area contributed by atoms with Crippen LogP contribution in [0.3, 0.4) is 0 Å². The maximum absolute atomic E-state index is 11.7. The lowest BCUT2D eigenvalue weighted by molar-refractivity contribution is -0.114. The molecule has 1 heterocycles. The van der Waals surface area contributed by atoms with Crippen LogP contribution in [0.25, 0.3) is 0 Å². The largest absolute Gasteiger partial charge is 0.389 e. The van der Waals surface area contributed by atoms with Gasteiger partial charge in [0.15, 0.2) is 5.71 Å². The summed E-state index contributed by atoms with van der Waals surface area (Å²) < 4.78 is 0. The fraction of sp³-hybridized carbons (Fsp3) is 0.308. The van der Waals surface area contributed by atoms with Gasteiger partial charge >= 0.3 is 0 Å². The number of fused-ring (bicyclic) bond motifs is 1. The number of nitrogens with zero attached hydrogens (tertiary/aromatic N) is 1. The lowest BCUT2D eigenvalue weighted by atomic mass is 9.98. The van der Waals surface area contributed by atoms with Gasteiger partial charge in [-0.15, -0.1) is 0 Å². The molecule has 1 aliphatic heterocycles. The van der Waals surface area contributed by atoms with Crippen molar-refractivity contribution in [3.8, 4) is 0 Å². The van der Waals surface area contributed by atoms with Crippen LogP contribution >= 0.6 is 0 Å². The molecule has 0 aliphatic carbocycles. The van der Waals surface area contributed by atoms with E-state index in [2.05, 4.69) is 10.5 Å². The predicted octanol–water partition coefficient (Wildman–Crippen LogP) is 1.48. The van der Waals surface area contributed by atoms with Crippen molar-refractivity contribution in [2.45, 2.75) is 26.4 Å². The fourth-order valence-electron chi connectivity index (χ4n) is 1.51. The summed E-state index contributed by atoms with van der Waals surface area (Å²) in [5.74, 6) is -0.951. The molecule has 18 heavy (non-hydrogen) atoms. The molecule has 0 spiro atoms. The summed E-state index contributed by atoms with van der Waals surface area (Å²) in [4.78, 5) is 28.6. The van der Waals surface area contributed by atoms with Crippen LogP contribution in [-0.4, -0.2) is 23.1 Å². The van der Waals surface area contributed by atoms with Gasteiger partial charge in [0.05, 0.1) is 0 Å². The number of hydrogen-bond donors (Lipinski definition) is 1. The molecule has 94 valence electrons. The van der Waals surface area contributed by atoms with Crippen LogP contribution in [0.2, 0.25) is 0 Å². The number of rotatable bonds is 1. The number of amides is 2. The van der Waals surface area contributed by atoms with E-state index in [1.807, 2.05) is 20.8 Å². The van der Waals surface area contributed by atoms with Crippen molar-refractivity contribution in [2.24, 2.45) is 5.16 Å². The highest BCUT2D eigenvalue weighted by atomic mass is 16.6. The van der Waals surface area contributed by atoms with Crippen LogP contribution in [0.5, 0.6) is 0 Å². The van der Waals surface area contributed by atoms with E-state index in [9.17, 15) is 9.59 Å². The molecular weight excluding hydrogens is 232 g/mol. The van der Waals surface area contributed by atoms with Gasteiger partial charge in [0.1, 0.15) is 5.60 Å². The highest BCUT2D eigenvalue weighted by molar-refractivity contribution is 6.51. The Kier molecular flexibility index (Phi) is 2.90. The van der Waals surface area contributed by atoms with E-state index in [1.165, 1.54) is 0 Å². The molecule has 0 aromatic heterocycles. The Balaban J connectivity index is 2.45. The van der Waals surface area contributed by atoms with E-state index < -0.39 is 17.4 Å². The second-order valence-electron chi connectivity index (χ2n) is 4.97. The van der Waals surface area contributed by atoms with Crippen molar-refractivity contribution in [3.63, 3.8) is 0 Å². The molecule has 2 rings (SSSR count). The summed E-state index contributed by atoms with van der Waals surface area (Å²) in [5.41, 5.74) is 0.549. The van der Waals surface area contributed by atoms with Crippen LogP contribution < -0.4 is 5.32 Å². The Bertz CT molecular complexity index is 541. The van der Waals surface area contributed by atoms with Crippen molar-refractivity contribution < 1.29 is 14.4 Å². The summed E-state index contributed by atoms with van der Waals surface area (Å²) in [6, 6.07) is 6.80. The molecule has 0 atom stereocenters. The highest BCUT2D eigenvalue weighted by Gasteiger charge is 2.29. The van der Waals surface area contributed by atoms with Gasteiger partial charge in [0.2, 0.25) is 0 Å². The van der Waals surface area contributed by atoms with E-state index in [1.54, 1.807) is 24.3 Å². The third-order valence-corrected chi connectivity index (χ3v) is 2.28. The Morgan fingerprint density at radius 3 is 2.28 bits per heavy atom. The average molecular weight is 246 g/mol. The van der Waals surface area contributed by atoms with Gasteiger partial charge in [-0.3, -0.25) is 14.9 Å². The quantitative estimate of drug-likeness (QED) is 0.602. The van der Waals surface area contributed by atoms with Crippen LogP contribution in [0.4, 0.5) is 0 Å². The summed E-state index contributed by atoms with van der Waals surface area (Å²) in [6.45, 7) is 5.48. The van der Waals surface area contributed by atoms with Crippen molar-refractivity contribution in [1.29, 1.82) is 0 Å². The van der Waals surface area contributed by atoms with E-state index in [0.29, 0.717) is 11.1 Å². The molecule has 5 nitrogen and oxygen atoms in total. The van der Waals surface area contributed by atoms with Crippen LogP contribution in [-0.2, 0) is 9.63 Å². The normalized spacial score (nSPS) is 17.4. The van der Waals surface area contributed by atoms with Crippen molar-refractivity contribution in [2.75, 3.05) is 0 Å². The number of carbonyl (C=O) groups excluding carboxylic acids is 2. The molecule has 1 aromatic carbocycles. The first-order valence-corrected chi connectivity index (χ1v) is 5.60. The summed E-state index contributed by atoms with van der Waals surface area (Å²) in [6.07, 6.45) is 0. The molecule has 5 heteroatoms. The maximum Gasteiger partial charge on any atom is 0.280 e. The number of hydrogen-bond acceptors (Lipinski definition) is 4. The average Bonchev–Trinajstić information content (AvgIpc) is 2.27. The van der Waals surface area contributed by atoms with Crippen molar-refractivity contribution >= 4 is 17.5 Å². The lowest BCUT2D eigenvalue weighted by Crippen LogP contribution is -2.42. The van der Waals surface area contributed by atoms with E-state index in [-0.39, 0.29) is 5.71 Å². The van der Waals surface area contributed by atoms with Crippen LogP contribution in [0.15, 0.2) is 29.4 Å². The summed E-state index contributed by atoms with van der Waals surface area (Å²) >= 11 is 0. The molecular formula is C13H14N2O3. The second kappa shape index (κ2) is 4.25. The zero-order valence-electron chi connectivity index (χ0n) is 10.5. The third kappa shape index (κ3) is 2.40. The first kappa shape index (κ1) is 12.3. The third-order valence-electron chi connectivity index (χ3n) is 2.28. The Hall–Kier alpha value is -2.17.